The van der Waals surface area contributed by atoms with Crippen LogP contribution in [-0.2, 0) is 5.75 Å². The van der Waals surface area contributed by atoms with Crippen LogP contribution in [0.25, 0.3) is 11.3 Å². The van der Waals surface area contributed by atoms with E-state index in [1.165, 1.54) is 17.8 Å². The molecule has 37 heavy (non-hydrogen) atoms. The van der Waals surface area contributed by atoms with Gasteiger partial charge in [-0.15, -0.1) is 10.2 Å². The van der Waals surface area contributed by atoms with E-state index in [2.05, 4.69) is 20.5 Å². The number of anilines is 1. The van der Waals surface area contributed by atoms with Crippen molar-refractivity contribution in [3.63, 3.8) is 0 Å². The predicted octanol–water partition coefficient (Wildman–Crippen LogP) is 6.92. The van der Waals surface area contributed by atoms with Gasteiger partial charge in [-0.3, -0.25) is 0 Å². The summed E-state index contributed by atoms with van der Waals surface area (Å²) in [5.74, 6) is 1.49. The van der Waals surface area contributed by atoms with Crippen LogP contribution in [0.5, 0.6) is 17.4 Å². The van der Waals surface area contributed by atoms with Crippen LogP contribution in [0.3, 0.4) is 0 Å². The lowest BCUT2D eigenvalue weighted by atomic mass is 10.1. The molecular formula is C27H24ClFN4O3S. The van der Waals surface area contributed by atoms with Crippen molar-refractivity contribution in [3.8, 4) is 28.6 Å². The van der Waals surface area contributed by atoms with Gasteiger partial charge in [-0.1, -0.05) is 59.8 Å². The minimum absolute atomic E-state index is 0.276. The van der Waals surface area contributed by atoms with E-state index in [-0.39, 0.29) is 11.7 Å². The van der Waals surface area contributed by atoms with Gasteiger partial charge in [-0.2, -0.15) is 4.98 Å². The summed E-state index contributed by atoms with van der Waals surface area (Å²) >= 11 is 7.98. The fourth-order valence-electron chi connectivity index (χ4n) is 3.90. The molecule has 1 aromatic heterocycles. The van der Waals surface area contributed by atoms with Crippen LogP contribution in [-0.4, -0.2) is 28.4 Å². The largest absolute Gasteiger partial charge is 0.490 e. The van der Waals surface area contributed by atoms with Crippen LogP contribution >= 0.6 is 23.4 Å². The zero-order valence-electron chi connectivity index (χ0n) is 20.2. The molecule has 0 saturated heterocycles. The van der Waals surface area contributed by atoms with Gasteiger partial charge < -0.3 is 19.5 Å². The van der Waals surface area contributed by atoms with Gasteiger partial charge in [0, 0.05) is 28.6 Å². The molecule has 0 bridgehead atoms. The molecule has 1 aliphatic heterocycles. The fourth-order valence-corrected chi connectivity index (χ4v) is 4.91. The maximum atomic E-state index is 14.1. The van der Waals surface area contributed by atoms with Crippen molar-refractivity contribution in [2.24, 2.45) is 0 Å². The molecule has 10 heteroatoms. The molecule has 0 fully saturated rings. The average molecular weight is 539 g/mol. The second-order valence-corrected chi connectivity index (χ2v) is 9.35. The molecule has 3 aromatic carbocycles. The lowest BCUT2D eigenvalue weighted by Gasteiger charge is -2.22. The lowest BCUT2D eigenvalue weighted by Crippen LogP contribution is -2.18. The van der Waals surface area contributed by atoms with Gasteiger partial charge >= 0.3 is 0 Å². The van der Waals surface area contributed by atoms with Crippen molar-refractivity contribution in [2.45, 2.75) is 31.0 Å². The van der Waals surface area contributed by atoms with Gasteiger partial charge in [0.05, 0.1) is 18.2 Å². The zero-order chi connectivity index (χ0) is 25.8. The second-order valence-electron chi connectivity index (χ2n) is 8.00. The third-order valence-corrected chi connectivity index (χ3v) is 6.81. The number of para-hydroxylation sites is 1. The molecule has 5 rings (SSSR count). The topological polar surface area (TPSA) is 78.4 Å². The Morgan fingerprint density at radius 3 is 2.51 bits per heavy atom. The number of benzene rings is 3. The molecule has 0 radical (unpaired) electrons. The van der Waals surface area contributed by atoms with E-state index in [0.717, 1.165) is 11.3 Å². The first-order chi connectivity index (χ1) is 18.1. The van der Waals surface area contributed by atoms with Gasteiger partial charge in [0.15, 0.2) is 23.4 Å². The Balaban J connectivity index is 1.52. The molecular weight excluding hydrogens is 515 g/mol. The molecule has 1 unspecified atom stereocenters. The van der Waals surface area contributed by atoms with E-state index < -0.39 is 6.23 Å². The number of nitrogens with one attached hydrogen (secondary N) is 1. The lowest BCUT2D eigenvalue weighted by molar-refractivity contribution is 0.223. The molecule has 7 nitrogen and oxygen atoms in total. The second kappa shape index (κ2) is 11.2. The van der Waals surface area contributed by atoms with Gasteiger partial charge in [-0.05, 0) is 37.6 Å². The van der Waals surface area contributed by atoms with Crippen molar-refractivity contribution in [1.82, 2.24) is 15.2 Å². The number of rotatable bonds is 8. The molecule has 0 amide bonds. The predicted molar refractivity (Wildman–Crippen MR) is 142 cm³/mol. The average Bonchev–Trinajstić information content (AvgIpc) is 3.06. The Kier molecular flexibility index (Phi) is 7.62. The number of ether oxygens (including phenoxy) is 3. The molecule has 190 valence electrons. The summed E-state index contributed by atoms with van der Waals surface area (Å²) < 4.78 is 32.0. The maximum absolute atomic E-state index is 14.1. The Morgan fingerprint density at radius 1 is 1.00 bits per heavy atom. The Labute approximate surface area is 223 Å². The van der Waals surface area contributed by atoms with Gasteiger partial charge in [-0.25, -0.2) is 4.39 Å². The third-order valence-electron chi connectivity index (χ3n) is 5.59. The van der Waals surface area contributed by atoms with Crippen LogP contribution in [0.4, 0.5) is 10.1 Å². The number of aromatic nitrogens is 3. The Bertz CT molecular complexity index is 1420. The molecule has 2 heterocycles. The van der Waals surface area contributed by atoms with Crippen LogP contribution in [0.1, 0.15) is 31.2 Å². The summed E-state index contributed by atoms with van der Waals surface area (Å²) in [5, 5.41) is 12.9. The molecule has 0 saturated carbocycles. The summed E-state index contributed by atoms with van der Waals surface area (Å²) in [6, 6.07) is 17.8. The number of fused-ring (bicyclic) bond motifs is 3. The summed E-state index contributed by atoms with van der Waals surface area (Å²) in [6.07, 6.45) is -0.703. The summed E-state index contributed by atoms with van der Waals surface area (Å²) in [7, 11) is 0. The zero-order valence-corrected chi connectivity index (χ0v) is 21.8. The SMILES string of the molecule is CCOc1cc(Cl)c(C2Nc3ccccc3-c3nnc(SCc4ccccc4F)nc3O2)cc1OCC. The highest BCUT2D eigenvalue weighted by molar-refractivity contribution is 7.98. The number of nitrogens with zero attached hydrogens (tertiary/aromatic N) is 3. The highest BCUT2D eigenvalue weighted by Crippen LogP contribution is 2.43. The van der Waals surface area contributed by atoms with E-state index in [4.69, 9.17) is 25.8 Å². The minimum atomic E-state index is -0.703. The van der Waals surface area contributed by atoms with Crippen molar-refractivity contribution in [3.05, 3.63) is 82.6 Å². The number of hydrogen-bond acceptors (Lipinski definition) is 8. The highest BCUT2D eigenvalue weighted by Gasteiger charge is 2.28. The molecule has 1 atom stereocenters. The number of thioether (sulfide) groups is 1. The van der Waals surface area contributed by atoms with Crippen LogP contribution in [0.15, 0.2) is 65.8 Å². The van der Waals surface area contributed by atoms with Crippen LogP contribution in [0.2, 0.25) is 5.02 Å². The van der Waals surface area contributed by atoms with E-state index in [0.29, 0.717) is 57.5 Å². The smallest absolute Gasteiger partial charge is 0.247 e. The van der Waals surface area contributed by atoms with Crippen molar-refractivity contribution >= 4 is 29.1 Å². The summed E-state index contributed by atoms with van der Waals surface area (Å²) in [5.41, 5.74) is 3.28. The summed E-state index contributed by atoms with van der Waals surface area (Å²) in [6.45, 7) is 4.74. The normalized spacial score (nSPS) is 14.0. The van der Waals surface area contributed by atoms with Crippen LogP contribution < -0.4 is 19.5 Å². The Hall–Kier alpha value is -3.56. The van der Waals surface area contributed by atoms with E-state index in [1.807, 2.05) is 44.2 Å². The standard InChI is InChI=1S/C27H24ClFN4O3S/c1-3-34-22-13-18(19(28)14-23(22)35-4-2)25-30-21-12-8-6-10-17(21)24-26(36-25)31-27(33-32-24)37-15-16-9-5-7-11-20(16)29/h5-14,25,30H,3-4,15H2,1-2H3. The van der Waals surface area contributed by atoms with Crippen LogP contribution in [0, 0.1) is 5.82 Å². The number of hydrogen-bond donors (Lipinski definition) is 1. The molecule has 0 spiro atoms. The van der Waals surface area contributed by atoms with Gasteiger partial charge in [0.25, 0.3) is 0 Å². The molecule has 4 aromatic rings. The van der Waals surface area contributed by atoms with E-state index in [1.54, 1.807) is 24.3 Å². The van der Waals surface area contributed by atoms with Gasteiger partial charge in [0.1, 0.15) is 5.82 Å². The first-order valence-corrected chi connectivity index (χ1v) is 13.2. The molecule has 1 N–H and O–H groups in total. The minimum Gasteiger partial charge on any atom is -0.490 e. The van der Waals surface area contributed by atoms with Crippen molar-refractivity contribution < 1.29 is 18.6 Å². The Morgan fingerprint density at radius 2 is 1.73 bits per heavy atom. The first-order valence-electron chi connectivity index (χ1n) is 11.8. The van der Waals surface area contributed by atoms with E-state index in [9.17, 15) is 4.39 Å². The maximum Gasteiger partial charge on any atom is 0.247 e. The monoisotopic (exact) mass is 538 g/mol. The fraction of sp³-hybridized carbons (Fsp3) is 0.222. The van der Waals surface area contributed by atoms with Crippen molar-refractivity contribution in [1.29, 1.82) is 0 Å². The van der Waals surface area contributed by atoms with Gasteiger partial charge in [0.2, 0.25) is 11.0 Å². The van der Waals surface area contributed by atoms with Crippen molar-refractivity contribution in [2.75, 3.05) is 18.5 Å². The third kappa shape index (κ3) is 5.42. The number of halogens is 2. The first kappa shape index (κ1) is 25.1. The quantitative estimate of drug-likeness (QED) is 0.242. The summed E-state index contributed by atoms with van der Waals surface area (Å²) in [4.78, 5) is 4.63. The molecule has 0 aliphatic carbocycles. The highest BCUT2D eigenvalue weighted by atomic mass is 35.5. The van der Waals surface area contributed by atoms with E-state index >= 15 is 0 Å². The molecule has 1 aliphatic rings.